The predicted octanol–water partition coefficient (Wildman–Crippen LogP) is -5.38. The van der Waals surface area contributed by atoms with E-state index < -0.39 is 30.0 Å². The number of rotatable bonds is 4. The van der Waals surface area contributed by atoms with E-state index in [1.165, 1.54) is 26.4 Å². The summed E-state index contributed by atoms with van der Waals surface area (Å²) >= 11 is 0. The van der Waals surface area contributed by atoms with Gasteiger partial charge in [0.25, 0.3) is 0 Å². The molecule has 28 heavy (non-hydrogen) atoms. The van der Waals surface area contributed by atoms with Crippen LogP contribution in [0.5, 0.6) is 23.0 Å². The summed E-state index contributed by atoms with van der Waals surface area (Å²) in [5, 5.41) is 18.2. The van der Waals surface area contributed by atoms with E-state index in [-0.39, 0.29) is 126 Å². The van der Waals surface area contributed by atoms with Gasteiger partial charge in [-0.1, -0.05) is 6.07 Å². The first kappa shape index (κ1) is 30.9. The van der Waals surface area contributed by atoms with Crippen LogP contribution in [0.4, 0.5) is 0 Å². The summed E-state index contributed by atoms with van der Waals surface area (Å²) in [6.07, 6.45) is 0. The standard InChI is InChI=1S/2C7H8O5S.2K/c1-12-7-4-5(13(9,10)11)2-3-6(7)8;1-12-7-5(8)3-2-4-6(7)13(9,10)11;;/h2*2-4,8H,1H3,(H,9,10,11);;/q;;2*+1/p-2. The summed E-state index contributed by atoms with van der Waals surface area (Å²) in [4.78, 5) is -0.989. The van der Waals surface area contributed by atoms with Crippen LogP contribution in [0.3, 0.4) is 0 Å². The van der Waals surface area contributed by atoms with Gasteiger partial charge in [-0.05, 0) is 24.3 Å². The maximum Gasteiger partial charge on any atom is 1.00 e. The molecule has 0 bridgehead atoms. The second-order valence-corrected chi connectivity index (χ2v) is 7.28. The summed E-state index contributed by atoms with van der Waals surface area (Å²) in [6, 6.07) is 6.62. The van der Waals surface area contributed by atoms with Crippen LogP contribution in [0.15, 0.2) is 46.2 Å². The minimum atomic E-state index is -4.60. The van der Waals surface area contributed by atoms with E-state index in [1.807, 2.05) is 0 Å². The van der Waals surface area contributed by atoms with E-state index in [2.05, 4.69) is 9.47 Å². The summed E-state index contributed by atoms with van der Waals surface area (Å²) in [5.74, 6) is -0.955. The quantitative estimate of drug-likeness (QED) is 0.315. The van der Waals surface area contributed by atoms with Gasteiger partial charge in [0.2, 0.25) is 0 Å². The van der Waals surface area contributed by atoms with E-state index in [9.17, 15) is 25.9 Å². The van der Waals surface area contributed by atoms with Crippen molar-refractivity contribution in [1.82, 2.24) is 0 Å². The van der Waals surface area contributed by atoms with Crippen molar-refractivity contribution >= 4 is 20.2 Å². The number of ether oxygens (including phenoxy) is 2. The molecule has 0 saturated heterocycles. The van der Waals surface area contributed by atoms with E-state index >= 15 is 0 Å². The molecule has 2 rings (SSSR count). The third-order valence-corrected chi connectivity index (χ3v) is 4.56. The Kier molecular flexibility index (Phi) is 14.6. The number of aromatic hydroxyl groups is 2. The van der Waals surface area contributed by atoms with Crippen molar-refractivity contribution in [3.8, 4) is 23.0 Å². The molecule has 0 unspecified atom stereocenters. The molecule has 14 heteroatoms. The fourth-order valence-electron chi connectivity index (χ4n) is 1.72. The van der Waals surface area contributed by atoms with Crippen molar-refractivity contribution in [3.05, 3.63) is 36.4 Å². The summed E-state index contributed by atoms with van der Waals surface area (Å²) < 4.78 is 72.6. The van der Waals surface area contributed by atoms with Crippen molar-refractivity contribution in [2.24, 2.45) is 0 Å². The maximum atomic E-state index is 10.6. The number of para-hydroxylation sites is 1. The number of methoxy groups -OCH3 is 2. The number of hydrogen-bond acceptors (Lipinski definition) is 10. The first-order valence-corrected chi connectivity index (χ1v) is 9.38. The van der Waals surface area contributed by atoms with Crippen molar-refractivity contribution in [2.45, 2.75) is 9.79 Å². The zero-order chi connectivity index (χ0) is 20.1. The molecule has 0 aromatic heterocycles. The second-order valence-electron chi connectivity index (χ2n) is 4.55. The van der Waals surface area contributed by atoms with Gasteiger partial charge in [0.1, 0.15) is 25.1 Å². The van der Waals surface area contributed by atoms with E-state index in [0.29, 0.717) is 0 Å². The molecule has 0 amide bonds. The maximum absolute atomic E-state index is 10.6. The Hall–Kier alpha value is 0.733. The van der Waals surface area contributed by atoms with Crippen LogP contribution in [-0.4, -0.2) is 50.4 Å². The zero-order valence-electron chi connectivity index (χ0n) is 15.4. The van der Waals surface area contributed by atoms with Gasteiger partial charge in [0.15, 0.2) is 23.0 Å². The van der Waals surface area contributed by atoms with E-state index in [1.54, 1.807) is 0 Å². The van der Waals surface area contributed by atoms with E-state index in [4.69, 9.17) is 10.2 Å². The molecule has 10 nitrogen and oxygen atoms in total. The van der Waals surface area contributed by atoms with Gasteiger partial charge in [-0.3, -0.25) is 0 Å². The third-order valence-electron chi connectivity index (χ3n) is 2.87. The molecule has 0 aliphatic carbocycles. The van der Waals surface area contributed by atoms with Crippen LogP contribution < -0.4 is 112 Å². The van der Waals surface area contributed by atoms with Crippen molar-refractivity contribution in [3.63, 3.8) is 0 Å². The van der Waals surface area contributed by atoms with Crippen LogP contribution in [0.2, 0.25) is 0 Å². The topological polar surface area (TPSA) is 173 Å². The average molecular weight is 485 g/mol. The van der Waals surface area contributed by atoms with Crippen LogP contribution in [0.1, 0.15) is 0 Å². The SMILES string of the molecule is COc1c(O)cccc1S(=O)(=O)[O-].COc1cc(S(=O)(=O)[O-])ccc1O.[K+].[K+]. The molecule has 0 aliphatic heterocycles. The van der Waals surface area contributed by atoms with Crippen LogP contribution in [0.25, 0.3) is 0 Å². The molecule has 2 N–H and O–H groups in total. The number of benzene rings is 2. The summed E-state index contributed by atoms with van der Waals surface area (Å²) in [6.45, 7) is 0. The molecular formula is C14H14K2O10S2. The van der Waals surface area contributed by atoms with Crippen molar-refractivity contribution in [1.29, 1.82) is 0 Å². The van der Waals surface area contributed by atoms with Crippen LogP contribution >= 0.6 is 0 Å². The van der Waals surface area contributed by atoms with Gasteiger partial charge in [-0.2, -0.15) is 0 Å². The zero-order valence-corrected chi connectivity index (χ0v) is 23.3. The molecule has 0 spiro atoms. The van der Waals surface area contributed by atoms with Crippen LogP contribution in [0, 0.1) is 0 Å². The molecule has 0 aliphatic rings. The Balaban J connectivity index is 0. The number of phenolic OH excluding ortho intramolecular Hbond substituents is 2. The third kappa shape index (κ3) is 9.26. The summed E-state index contributed by atoms with van der Waals surface area (Å²) in [5.41, 5.74) is 0. The first-order valence-electron chi connectivity index (χ1n) is 6.56. The van der Waals surface area contributed by atoms with Gasteiger partial charge in [0, 0.05) is 6.07 Å². The van der Waals surface area contributed by atoms with Gasteiger partial charge in [-0.15, -0.1) is 0 Å². The molecule has 0 saturated carbocycles. The van der Waals surface area contributed by atoms with Crippen LogP contribution in [-0.2, 0) is 20.2 Å². The van der Waals surface area contributed by atoms with Crippen molar-refractivity contribution < 1.29 is 148 Å². The first-order chi connectivity index (χ1) is 11.9. The molecule has 2 aromatic carbocycles. The normalized spacial score (nSPS) is 10.4. The minimum Gasteiger partial charge on any atom is -0.744 e. The number of phenols is 2. The van der Waals surface area contributed by atoms with Gasteiger partial charge in [0.05, 0.1) is 19.1 Å². The Morgan fingerprint density at radius 1 is 0.821 bits per heavy atom. The second kappa shape index (κ2) is 13.2. The molecule has 0 heterocycles. The molecule has 0 fully saturated rings. The Bertz CT molecular complexity index is 991. The predicted molar refractivity (Wildman–Crippen MR) is 85.2 cm³/mol. The fraction of sp³-hybridized carbons (Fsp3) is 0.143. The number of hydrogen-bond donors (Lipinski definition) is 2. The summed E-state index contributed by atoms with van der Waals surface area (Å²) in [7, 11) is -6.67. The van der Waals surface area contributed by atoms with E-state index in [0.717, 1.165) is 24.3 Å². The molecule has 2 aromatic rings. The molecule has 144 valence electrons. The fourth-order valence-corrected chi connectivity index (χ4v) is 2.87. The molecular weight excluding hydrogens is 470 g/mol. The van der Waals surface area contributed by atoms with Gasteiger partial charge >= 0.3 is 103 Å². The Morgan fingerprint density at radius 2 is 1.39 bits per heavy atom. The average Bonchev–Trinajstić information content (AvgIpc) is 2.53. The molecule has 0 atom stereocenters. The Labute approximate surface area is 247 Å². The largest absolute Gasteiger partial charge is 1.00 e. The minimum absolute atomic E-state index is 0. The smallest absolute Gasteiger partial charge is 0.744 e. The monoisotopic (exact) mass is 484 g/mol. The Morgan fingerprint density at radius 3 is 1.79 bits per heavy atom. The van der Waals surface area contributed by atoms with Gasteiger partial charge in [-0.25, -0.2) is 16.8 Å². The van der Waals surface area contributed by atoms with Gasteiger partial charge < -0.3 is 28.8 Å². The molecule has 0 radical (unpaired) electrons. The van der Waals surface area contributed by atoms with Crippen molar-refractivity contribution in [2.75, 3.05) is 14.2 Å².